The van der Waals surface area contributed by atoms with Crippen LogP contribution >= 0.6 is 7.82 Å². The van der Waals surface area contributed by atoms with E-state index < -0.39 is 13.9 Å². The third kappa shape index (κ3) is 49.0. The highest BCUT2D eigenvalue weighted by molar-refractivity contribution is 7.47. The van der Waals surface area contributed by atoms with Gasteiger partial charge in [0.1, 0.15) is 6.10 Å². The Labute approximate surface area is 382 Å². The average Bonchev–Trinajstić information content (AvgIpc) is 3.26. The summed E-state index contributed by atoms with van der Waals surface area (Å²) < 4.78 is 33.5. The molecular formula is C53H96NO7P. The smallest absolute Gasteiger partial charge is 0.457 e. The van der Waals surface area contributed by atoms with E-state index in [1.54, 1.807) is 0 Å². The van der Waals surface area contributed by atoms with E-state index in [-0.39, 0.29) is 38.8 Å². The molecule has 360 valence electrons. The molecule has 0 heterocycles. The maximum atomic E-state index is 12.6. The number of phosphoric ester groups is 1. The standard InChI is InChI=1S/C53H96NO7P/c1-3-5-7-9-11-13-15-17-19-21-22-23-24-25-26-27-28-29-31-33-35-37-39-41-43-45-48-58-50-52(51-60-62(56,57)59-49-47-54)61-53(55)46-44-42-40-38-36-34-32-30-20-18-16-14-12-10-8-6-4-2/h6,8,12,14-15,17-18,20-22,32,34,52H,3-5,7,9-11,13,16,19,23-31,33,35-51,54H2,1-2H3,(H,56,57)/b8-6-,14-12-,17-15-,20-18-,22-21-,34-32-. The first-order valence-electron chi connectivity index (χ1n) is 25.4. The van der Waals surface area contributed by atoms with Gasteiger partial charge in [-0.2, -0.15) is 0 Å². The van der Waals surface area contributed by atoms with Crippen molar-refractivity contribution in [2.24, 2.45) is 5.73 Å². The second kappa shape index (κ2) is 49.9. The summed E-state index contributed by atoms with van der Waals surface area (Å²) in [7, 11) is -4.29. The minimum Gasteiger partial charge on any atom is -0.457 e. The second-order valence-electron chi connectivity index (χ2n) is 16.6. The number of allylic oxidation sites excluding steroid dienone is 12. The Morgan fingerprint density at radius 1 is 0.500 bits per heavy atom. The Bertz CT molecular complexity index is 1180. The van der Waals surface area contributed by atoms with E-state index in [0.29, 0.717) is 6.61 Å². The van der Waals surface area contributed by atoms with E-state index in [1.807, 2.05) is 0 Å². The number of esters is 1. The van der Waals surface area contributed by atoms with Crippen LogP contribution in [0.15, 0.2) is 72.9 Å². The summed E-state index contributed by atoms with van der Waals surface area (Å²) in [5.74, 6) is -0.353. The molecule has 0 aliphatic rings. The molecule has 0 aliphatic carbocycles. The predicted octanol–water partition coefficient (Wildman–Crippen LogP) is 15.9. The summed E-state index contributed by atoms with van der Waals surface area (Å²) in [6.07, 6.45) is 63.7. The molecular weight excluding hydrogens is 794 g/mol. The first kappa shape index (κ1) is 59.9. The molecule has 3 N–H and O–H groups in total. The Morgan fingerprint density at radius 3 is 1.35 bits per heavy atom. The summed E-state index contributed by atoms with van der Waals surface area (Å²) >= 11 is 0. The largest absolute Gasteiger partial charge is 0.472 e. The summed E-state index contributed by atoms with van der Waals surface area (Å²) in [6.45, 7) is 4.77. The normalized spacial score (nSPS) is 13.9. The summed E-state index contributed by atoms with van der Waals surface area (Å²) in [6, 6.07) is 0. The summed E-state index contributed by atoms with van der Waals surface area (Å²) in [4.78, 5) is 22.6. The molecule has 0 saturated heterocycles. The highest BCUT2D eigenvalue weighted by Gasteiger charge is 2.25. The fourth-order valence-electron chi connectivity index (χ4n) is 6.90. The zero-order chi connectivity index (χ0) is 45.1. The quantitative estimate of drug-likeness (QED) is 0.0268. The van der Waals surface area contributed by atoms with Crippen molar-refractivity contribution in [3.8, 4) is 0 Å². The molecule has 8 nitrogen and oxygen atoms in total. The third-order valence-corrected chi connectivity index (χ3v) is 11.6. The van der Waals surface area contributed by atoms with Gasteiger partial charge in [0.2, 0.25) is 0 Å². The van der Waals surface area contributed by atoms with Crippen molar-refractivity contribution in [3.63, 3.8) is 0 Å². The van der Waals surface area contributed by atoms with Gasteiger partial charge < -0.3 is 20.1 Å². The fraction of sp³-hybridized carbons (Fsp3) is 0.755. The lowest BCUT2D eigenvalue weighted by atomic mass is 10.0. The highest BCUT2D eigenvalue weighted by Crippen LogP contribution is 2.43. The van der Waals surface area contributed by atoms with E-state index >= 15 is 0 Å². The number of unbranched alkanes of at least 4 members (excludes halogenated alkanes) is 23. The molecule has 0 spiro atoms. The van der Waals surface area contributed by atoms with Crippen molar-refractivity contribution in [1.29, 1.82) is 0 Å². The fourth-order valence-corrected chi connectivity index (χ4v) is 7.67. The van der Waals surface area contributed by atoms with Gasteiger partial charge in [0, 0.05) is 19.6 Å². The third-order valence-electron chi connectivity index (χ3n) is 10.6. The number of ether oxygens (including phenoxy) is 2. The van der Waals surface area contributed by atoms with Crippen LogP contribution in [0.2, 0.25) is 0 Å². The Morgan fingerprint density at radius 2 is 0.903 bits per heavy atom. The lowest BCUT2D eigenvalue weighted by molar-refractivity contribution is -0.154. The molecule has 0 aliphatic heterocycles. The minimum atomic E-state index is -4.29. The van der Waals surface area contributed by atoms with E-state index in [2.05, 4.69) is 86.8 Å². The molecule has 0 fully saturated rings. The van der Waals surface area contributed by atoms with Crippen molar-refractivity contribution >= 4 is 13.8 Å². The van der Waals surface area contributed by atoms with Crippen LogP contribution in [-0.2, 0) is 27.9 Å². The maximum Gasteiger partial charge on any atom is 0.472 e. The van der Waals surface area contributed by atoms with E-state index in [9.17, 15) is 14.3 Å². The second-order valence-corrected chi connectivity index (χ2v) is 18.1. The first-order valence-corrected chi connectivity index (χ1v) is 26.9. The van der Waals surface area contributed by atoms with E-state index in [4.69, 9.17) is 24.3 Å². The highest BCUT2D eigenvalue weighted by atomic mass is 31.2. The lowest BCUT2D eigenvalue weighted by Gasteiger charge is -2.20. The molecule has 2 atom stereocenters. The van der Waals surface area contributed by atoms with Crippen LogP contribution in [0.1, 0.15) is 219 Å². The van der Waals surface area contributed by atoms with Gasteiger partial charge in [-0.25, -0.2) is 4.57 Å². The summed E-state index contributed by atoms with van der Waals surface area (Å²) in [5, 5.41) is 0. The number of phosphoric acid groups is 1. The summed E-state index contributed by atoms with van der Waals surface area (Å²) in [5.41, 5.74) is 5.38. The molecule has 0 aromatic rings. The van der Waals surface area contributed by atoms with Gasteiger partial charge in [-0.15, -0.1) is 0 Å². The predicted molar refractivity (Wildman–Crippen MR) is 265 cm³/mol. The number of hydrogen-bond acceptors (Lipinski definition) is 7. The van der Waals surface area contributed by atoms with Crippen LogP contribution < -0.4 is 5.73 Å². The van der Waals surface area contributed by atoms with Crippen molar-refractivity contribution in [1.82, 2.24) is 0 Å². The van der Waals surface area contributed by atoms with Crippen LogP contribution in [0, 0.1) is 0 Å². The van der Waals surface area contributed by atoms with Crippen molar-refractivity contribution < 1.29 is 32.8 Å². The molecule has 0 saturated carbocycles. The van der Waals surface area contributed by atoms with Crippen molar-refractivity contribution in [3.05, 3.63) is 72.9 Å². The van der Waals surface area contributed by atoms with E-state index in [1.165, 1.54) is 122 Å². The van der Waals surface area contributed by atoms with Gasteiger partial charge >= 0.3 is 13.8 Å². The number of carbonyl (C=O) groups is 1. The van der Waals surface area contributed by atoms with Crippen molar-refractivity contribution in [2.45, 2.75) is 225 Å². The van der Waals surface area contributed by atoms with Gasteiger partial charge in [0.05, 0.1) is 19.8 Å². The van der Waals surface area contributed by atoms with Crippen LogP contribution in [0.3, 0.4) is 0 Å². The molecule has 0 bridgehead atoms. The molecule has 0 aromatic carbocycles. The lowest BCUT2D eigenvalue weighted by Crippen LogP contribution is -2.28. The van der Waals surface area contributed by atoms with Crippen LogP contribution in [-0.4, -0.2) is 49.9 Å². The Balaban J connectivity index is 3.94. The number of carbonyl (C=O) groups excluding carboxylic acids is 1. The minimum absolute atomic E-state index is 0.0932. The van der Waals surface area contributed by atoms with Crippen LogP contribution in [0.25, 0.3) is 0 Å². The molecule has 62 heavy (non-hydrogen) atoms. The monoisotopic (exact) mass is 890 g/mol. The zero-order valence-electron chi connectivity index (χ0n) is 40.1. The number of hydrogen-bond donors (Lipinski definition) is 2. The molecule has 9 heteroatoms. The Kier molecular flexibility index (Phi) is 48.3. The number of nitrogens with two attached hydrogens (primary N) is 1. The van der Waals surface area contributed by atoms with Gasteiger partial charge in [-0.1, -0.05) is 202 Å². The van der Waals surface area contributed by atoms with Crippen molar-refractivity contribution in [2.75, 3.05) is 33.0 Å². The SMILES string of the molecule is CC/C=C\C/C=C\C/C=C\C/C=C\CCCCCCC(=O)OC(COCCCCCCCCCCCCCCCC/C=C\C/C=C\CCCCCCC)COP(=O)(O)OCCN. The van der Waals surface area contributed by atoms with Gasteiger partial charge in [0.25, 0.3) is 0 Å². The number of rotatable bonds is 48. The van der Waals surface area contributed by atoms with Gasteiger partial charge in [-0.3, -0.25) is 13.8 Å². The topological polar surface area (TPSA) is 117 Å². The Hall–Kier alpha value is -2.06. The molecule has 0 radical (unpaired) electrons. The molecule has 2 unspecified atom stereocenters. The van der Waals surface area contributed by atoms with Gasteiger partial charge in [0.15, 0.2) is 0 Å². The first-order chi connectivity index (χ1) is 30.4. The average molecular weight is 890 g/mol. The molecule has 0 rings (SSSR count). The zero-order valence-corrected chi connectivity index (χ0v) is 41.0. The maximum absolute atomic E-state index is 12.6. The molecule has 0 amide bonds. The van der Waals surface area contributed by atoms with E-state index in [0.717, 1.165) is 77.0 Å². The van der Waals surface area contributed by atoms with Gasteiger partial charge in [-0.05, 0) is 83.5 Å². The van der Waals surface area contributed by atoms with Crippen LogP contribution in [0.4, 0.5) is 0 Å². The van der Waals surface area contributed by atoms with Crippen LogP contribution in [0.5, 0.6) is 0 Å². The molecule has 0 aromatic heterocycles.